The lowest BCUT2D eigenvalue weighted by Gasteiger charge is -2.11. The van der Waals surface area contributed by atoms with Gasteiger partial charge in [-0.05, 0) is 43.5 Å². The van der Waals surface area contributed by atoms with Crippen LogP contribution in [-0.4, -0.2) is 9.97 Å². The maximum Gasteiger partial charge on any atom is 0.226 e. The van der Waals surface area contributed by atoms with Crippen molar-refractivity contribution in [2.24, 2.45) is 0 Å². The third-order valence-electron chi connectivity index (χ3n) is 2.83. The monoisotopic (exact) mass is 296 g/mol. The molecule has 0 fully saturated rings. The largest absolute Gasteiger partial charge is 0.439 e. The molecule has 1 aromatic heterocycles. The molecular formula is C14H14Cl2N2O. The molecule has 0 aliphatic carbocycles. The number of aromatic nitrogens is 2. The average Bonchev–Trinajstić information content (AvgIpc) is 2.36. The van der Waals surface area contributed by atoms with E-state index >= 15 is 0 Å². The van der Waals surface area contributed by atoms with Crippen LogP contribution in [0.5, 0.6) is 11.6 Å². The van der Waals surface area contributed by atoms with Crippen LogP contribution in [0.15, 0.2) is 18.5 Å². The van der Waals surface area contributed by atoms with Gasteiger partial charge in [-0.15, -0.1) is 0 Å². The van der Waals surface area contributed by atoms with Gasteiger partial charge in [0.1, 0.15) is 17.2 Å². The third kappa shape index (κ3) is 2.99. The Morgan fingerprint density at radius 3 is 2.32 bits per heavy atom. The molecule has 2 rings (SSSR count). The Balaban J connectivity index is 2.39. The van der Waals surface area contributed by atoms with E-state index in [4.69, 9.17) is 27.9 Å². The highest BCUT2D eigenvalue weighted by Gasteiger charge is 2.11. The molecule has 0 radical (unpaired) electrons. The highest BCUT2D eigenvalue weighted by molar-refractivity contribution is 6.32. The van der Waals surface area contributed by atoms with E-state index in [1.165, 1.54) is 6.33 Å². The van der Waals surface area contributed by atoms with E-state index in [0.717, 1.165) is 21.7 Å². The van der Waals surface area contributed by atoms with E-state index < -0.39 is 0 Å². The number of ether oxygens (including phenoxy) is 1. The predicted octanol–water partition coefficient (Wildman–Crippen LogP) is 4.75. The normalized spacial score (nSPS) is 10.6. The Morgan fingerprint density at radius 1 is 1.11 bits per heavy atom. The summed E-state index contributed by atoms with van der Waals surface area (Å²) in [5, 5.41) is 1.18. The summed E-state index contributed by atoms with van der Waals surface area (Å²) in [6, 6.07) is 3.76. The van der Waals surface area contributed by atoms with E-state index in [9.17, 15) is 0 Å². The number of hydrogen-bond donors (Lipinski definition) is 0. The molecule has 0 unspecified atom stereocenters. The van der Waals surface area contributed by atoms with Crippen LogP contribution in [0.4, 0.5) is 0 Å². The number of halogens is 2. The highest BCUT2D eigenvalue weighted by atomic mass is 35.5. The molecule has 0 amide bonds. The minimum Gasteiger partial charge on any atom is -0.439 e. The van der Waals surface area contributed by atoms with Crippen LogP contribution in [0, 0.1) is 13.8 Å². The molecule has 0 saturated carbocycles. The Morgan fingerprint density at radius 2 is 1.74 bits per heavy atom. The molecule has 19 heavy (non-hydrogen) atoms. The fourth-order valence-corrected chi connectivity index (χ4v) is 2.21. The van der Waals surface area contributed by atoms with Crippen molar-refractivity contribution in [2.75, 3.05) is 0 Å². The number of benzene rings is 1. The molecule has 0 atom stereocenters. The molecule has 0 aliphatic heterocycles. The van der Waals surface area contributed by atoms with Crippen LogP contribution >= 0.6 is 23.2 Å². The standard InChI is InChI=1S/C14H14Cl2N2O/c1-4-11-13(16)17-7-18-14(11)19-10-5-8(2)12(15)9(3)6-10/h5-7H,4H2,1-3H3. The highest BCUT2D eigenvalue weighted by Crippen LogP contribution is 2.31. The van der Waals surface area contributed by atoms with Crippen LogP contribution in [0.25, 0.3) is 0 Å². The third-order valence-corrected chi connectivity index (χ3v) is 3.75. The van der Waals surface area contributed by atoms with Crippen molar-refractivity contribution < 1.29 is 4.74 Å². The lowest BCUT2D eigenvalue weighted by molar-refractivity contribution is 0.454. The molecule has 2 aromatic rings. The van der Waals surface area contributed by atoms with Crippen LogP contribution in [0.1, 0.15) is 23.6 Å². The van der Waals surface area contributed by atoms with Gasteiger partial charge < -0.3 is 4.74 Å². The molecule has 0 aliphatic rings. The van der Waals surface area contributed by atoms with Gasteiger partial charge in [0.25, 0.3) is 0 Å². The maximum atomic E-state index is 6.13. The van der Waals surface area contributed by atoms with Crippen molar-refractivity contribution in [1.82, 2.24) is 9.97 Å². The van der Waals surface area contributed by atoms with Gasteiger partial charge >= 0.3 is 0 Å². The number of nitrogens with zero attached hydrogens (tertiary/aromatic N) is 2. The van der Waals surface area contributed by atoms with E-state index in [-0.39, 0.29) is 0 Å². The van der Waals surface area contributed by atoms with Crippen molar-refractivity contribution in [2.45, 2.75) is 27.2 Å². The zero-order valence-corrected chi connectivity index (χ0v) is 12.5. The van der Waals surface area contributed by atoms with E-state index in [0.29, 0.717) is 23.2 Å². The predicted molar refractivity (Wildman–Crippen MR) is 77.4 cm³/mol. The van der Waals surface area contributed by atoms with Gasteiger partial charge in [-0.25, -0.2) is 9.97 Å². The first-order chi connectivity index (χ1) is 9.02. The van der Waals surface area contributed by atoms with E-state index in [2.05, 4.69) is 9.97 Å². The topological polar surface area (TPSA) is 35.0 Å². The first-order valence-corrected chi connectivity index (χ1v) is 6.72. The second-order valence-corrected chi connectivity index (χ2v) is 5.01. The van der Waals surface area contributed by atoms with Gasteiger partial charge in [0, 0.05) is 5.02 Å². The number of rotatable bonds is 3. The van der Waals surface area contributed by atoms with Crippen molar-refractivity contribution in [3.05, 3.63) is 45.3 Å². The van der Waals surface area contributed by atoms with E-state index in [1.807, 2.05) is 32.9 Å². The van der Waals surface area contributed by atoms with Gasteiger partial charge in [-0.2, -0.15) is 0 Å². The quantitative estimate of drug-likeness (QED) is 0.766. The van der Waals surface area contributed by atoms with Crippen LogP contribution in [-0.2, 0) is 6.42 Å². The van der Waals surface area contributed by atoms with Crippen molar-refractivity contribution in [3.63, 3.8) is 0 Å². The molecule has 0 saturated heterocycles. The summed E-state index contributed by atoms with van der Waals surface area (Å²) in [6.07, 6.45) is 2.10. The van der Waals surface area contributed by atoms with E-state index in [1.54, 1.807) is 0 Å². The lowest BCUT2D eigenvalue weighted by Crippen LogP contribution is -1.97. The Kier molecular flexibility index (Phi) is 4.27. The van der Waals surface area contributed by atoms with Gasteiger partial charge in [0.15, 0.2) is 0 Å². The molecule has 1 heterocycles. The molecule has 5 heteroatoms. The van der Waals surface area contributed by atoms with Crippen molar-refractivity contribution in [3.8, 4) is 11.6 Å². The minimum atomic E-state index is 0.426. The Bertz CT molecular complexity index is 591. The summed E-state index contributed by atoms with van der Waals surface area (Å²) >= 11 is 12.2. The van der Waals surface area contributed by atoms with Gasteiger partial charge in [-0.3, -0.25) is 0 Å². The van der Waals surface area contributed by atoms with Crippen LogP contribution in [0.3, 0.4) is 0 Å². The summed E-state index contributed by atoms with van der Waals surface area (Å²) in [5.41, 5.74) is 2.74. The zero-order chi connectivity index (χ0) is 14.0. The summed E-state index contributed by atoms with van der Waals surface area (Å²) in [6.45, 7) is 5.86. The number of aryl methyl sites for hydroxylation is 2. The van der Waals surface area contributed by atoms with Crippen LogP contribution in [0.2, 0.25) is 10.2 Å². The maximum absolute atomic E-state index is 6.13. The summed E-state index contributed by atoms with van der Waals surface area (Å²) < 4.78 is 5.80. The first kappa shape index (κ1) is 14.1. The SMILES string of the molecule is CCc1c(Cl)ncnc1Oc1cc(C)c(Cl)c(C)c1. The fraction of sp³-hybridized carbons (Fsp3) is 0.286. The van der Waals surface area contributed by atoms with Crippen LogP contribution < -0.4 is 4.74 Å². The Hall–Kier alpha value is -1.32. The van der Waals surface area contributed by atoms with Crippen molar-refractivity contribution >= 4 is 23.2 Å². The summed E-state index contributed by atoms with van der Waals surface area (Å²) in [5.74, 6) is 1.19. The molecule has 0 bridgehead atoms. The smallest absolute Gasteiger partial charge is 0.226 e. The minimum absolute atomic E-state index is 0.426. The van der Waals surface area contributed by atoms with Gasteiger partial charge in [0.05, 0.1) is 5.56 Å². The van der Waals surface area contributed by atoms with Gasteiger partial charge in [-0.1, -0.05) is 30.1 Å². The molecular weight excluding hydrogens is 283 g/mol. The molecule has 100 valence electrons. The van der Waals surface area contributed by atoms with Crippen molar-refractivity contribution in [1.29, 1.82) is 0 Å². The average molecular weight is 297 g/mol. The summed E-state index contributed by atoms with van der Waals surface area (Å²) in [7, 11) is 0. The second kappa shape index (κ2) is 5.76. The molecule has 0 N–H and O–H groups in total. The zero-order valence-electron chi connectivity index (χ0n) is 11.0. The fourth-order valence-electron chi connectivity index (χ4n) is 1.84. The second-order valence-electron chi connectivity index (χ2n) is 4.27. The molecule has 1 aromatic carbocycles. The lowest BCUT2D eigenvalue weighted by atomic mass is 10.1. The first-order valence-electron chi connectivity index (χ1n) is 5.97. The molecule has 0 spiro atoms. The number of hydrogen-bond acceptors (Lipinski definition) is 3. The Labute approximate surface area is 122 Å². The van der Waals surface area contributed by atoms with Gasteiger partial charge in [0.2, 0.25) is 5.88 Å². The summed E-state index contributed by atoms with van der Waals surface area (Å²) in [4.78, 5) is 8.09. The molecule has 3 nitrogen and oxygen atoms in total.